The Morgan fingerprint density at radius 3 is 2.61 bits per heavy atom. The average Bonchev–Trinajstić information content (AvgIpc) is 2.56. The first-order valence-electron chi connectivity index (χ1n) is 6.60. The normalized spacial score (nSPS) is 26.2. The van der Waals surface area contributed by atoms with Crippen LogP contribution in [-0.4, -0.2) is 15.4 Å². The predicted octanol–water partition coefficient (Wildman–Crippen LogP) is 3.43. The molecule has 100 valence electrons. The summed E-state index contributed by atoms with van der Waals surface area (Å²) in [7, 11) is 0. The summed E-state index contributed by atoms with van der Waals surface area (Å²) in [5.41, 5.74) is 2.75. The summed E-state index contributed by atoms with van der Waals surface area (Å²) >= 11 is 0. The molecule has 0 aromatic carbocycles. The second-order valence-electron chi connectivity index (χ2n) is 6.37. The van der Waals surface area contributed by atoms with Crippen LogP contribution in [0.4, 0.5) is 0 Å². The van der Waals surface area contributed by atoms with E-state index in [2.05, 4.69) is 57.9 Å². The molecule has 0 radical (unpaired) electrons. The molecule has 0 saturated carbocycles. The minimum Gasteiger partial charge on any atom is -0.356 e. The molecular weight excluding hydrogens is 224 g/mol. The zero-order chi connectivity index (χ0) is 13.7. The highest BCUT2D eigenvalue weighted by Crippen LogP contribution is 2.47. The van der Waals surface area contributed by atoms with E-state index in [4.69, 9.17) is 4.74 Å². The lowest BCUT2D eigenvalue weighted by Crippen LogP contribution is -2.52. The molecule has 0 N–H and O–H groups in total. The molecule has 0 spiro atoms. The van der Waals surface area contributed by atoms with Gasteiger partial charge in [-0.2, -0.15) is 5.10 Å². The molecule has 0 fully saturated rings. The van der Waals surface area contributed by atoms with E-state index < -0.39 is 5.60 Å². The van der Waals surface area contributed by atoms with Gasteiger partial charge in [0.25, 0.3) is 0 Å². The van der Waals surface area contributed by atoms with Crippen molar-refractivity contribution in [2.75, 3.05) is 0 Å². The van der Waals surface area contributed by atoms with Crippen molar-refractivity contribution in [1.29, 1.82) is 0 Å². The summed E-state index contributed by atoms with van der Waals surface area (Å²) in [5, 5.41) is 4.51. The van der Waals surface area contributed by atoms with Crippen molar-refractivity contribution in [3.8, 4) is 0 Å². The van der Waals surface area contributed by atoms with Crippen LogP contribution in [0.3, 0.4) is 0 Å². The van der Waals surface area contributed by atoms with Crippen LogP contribution in [0.15, 0.2) is 18.3 Å². The van der Waals surface area contributed by atoms with Crippen LogP contribution in [0, 0.1) is 12.8 Å². The number of fused-ring (bicyclic) bond motifs is 1. The van der Waals surface area contributed by atoms with Crippen LogP contribution in [0.2, 0.25) is 0 Å². The maximum Gasteiger partial charge on any atom is 0.133 e. The van der Waals surface area contributed by atoms with E-state index in [1.165, 1.54) is 11.3 Å². The highest BCUT2D eigenvalue weighted by molar-refractivity contribution is 5.34. The first-order chi connectivity index (χ1) is 8.20. The Morgan fingerprint density at radius 2 is 2.11 bits per heavy atom. The number of hydrogen-bond acceptors (Lipinski definition) is 2. The number of ether oxygens (including phenoxy) is 1. The second-order valence-corrected chi connectivity index (χ2v) is 6.37. The molecule has 0 bridgehead atoms. The molecule has 2 rings (SSSR count). The molecule has 2 heterocycles. The molecule has 1 atom stereocenters. The Morgan fingerprint density at radius 1 is 1.50 bits per heavy atom. The molecule has 1 aliphatic rings. The number of nitrogens with zero attached hydrogens (tertiary/aromatic N) is 2. The highest BCUT2D eigenvalue weighted by Gasteiger charge is 2.49. The molecule has 1 aliphatic heterocycles. The third kappa shape index (κ3) is 1.72. The van der Waals surface area contributed by atoms with Crippen molar-refractivity contribution in [3.63, 3.8) is 0 Å². The summed E-state index contributed by atoms with van der Waals surface area (Å²) in [6, 6.07) is 0. The minimum absolute atomic E-state index is 0.227. The zero-order valence-corrected chi connectivity index (χ0v) is 12.4. The molecule has 18 heavy (non-hydrogen) atoms. The van der Waals surface area contributed by atoms with Crippen LogP contribution < -0.4 is 0 Å². The van der Waals surface area contributed by atoms with Gasteiger partial charge in [0.15, 0.2) is 0 Å². The lowest BCUT2D eigenvalue weighted by Gasteiger charge is -2.48. The molecule has 3 heteroatoms. The molecule has 1 aromatic rings. The van der Waals surface area contributed by atoms with E-state index in [9.17, 15) is 0 Å². The van der Waals surface area contributed by atoms with Gasteiger partial charge in [-0.15, -0.1) is 0 Å². The molecular formula is C15H24N2O. The van der Waals surface area contributed by atoms with Crippen LogP contribution >= 0.6 is 0 Å². The molecule has 1 aromatic heterocycles. The number of aromatic nitrogens is 2. The number of aryl methyl sites for hydroxylation is 1. The van der Waals surface area contributed by atoms with Gasteiger partial charge in [-0.25, -0.2) is 0 Å². The van der Waals surface area contributed by atoms with E-state index in [-0.39, 0.29) is 5.60 Å². The summed E-state index contributed by atoms with van der Waals surface area (Å²) < 4.78 is 8.58. The van der Waals surface area contributed by atoms with E-state index >= 15 is 0 Å². The summed E-state index contributed by atoms with van der Waals surface area (Å²) in [5.74, 6) is 0.323. The molecule has 0 aliphatic carbocycles. The largest absolute Gasteiger partial charge is 0.356 e. The summed E-state index contributed by atoms with van der Waals surface area (Å²) in [6.45, 7) is 17.7. The fourth-order valence-electron chi connectivity index (χ4n) is 3.13. The van der Waals surface area contributed by atoms with Gasteiger partial charge in [0.2, 0.25) is 0 Å². The molecule has 0 amide bonds. The fraction of sp³-hybridized carbons (Fsp3) is 0.667. The van der Waals surface area contributed by atoms with Gasteiger partial charge < -0.3 is 4.74 Å². The first kappa shape index (κ1) is 13.3. The third-order valence-corrected chi connectivity index (χ3v) is 3.79. The van der Waals surface area contributed by atoms with E-state index in [1.807, 2.05) is 6.20 Å². The van der Waals surface area contributed by atoms with E-state index in [1.54, 1.807) is 0 Å². The van der Waals surface area contributed by atoms with Gasteiger partial charge in [0, 0.05) is 0 Å². The maximum atomic E-state index is 6.49. The SMILES string of the molecule is C=C(C)C1(C(C)C)OC(C)(C)Cn2ncc(C)c21. The Hall–Kier alpha value is -1.09. The number of rotatable bonds is 2. The van der Waals surface area contributed by atoms with Gasteiger partial charge in [0.1, 0.15) is 5.60 Å². The van der Waals surface area contributed by atoms with Gasteiger partial charge in [-0.1, -0.05) is 20.4 Å². The molecule has 0 saturated heterocycles. The Kier molecular flexibility index (Phi) is 2.93. The van der Waals surface area contributed by atoms with Crippen molar-refractivity contribution >= 4 is 0 Å². The topological polar surface area (TPSA) is 27.1 Å². The Bertz CT molecular complexity index is 485. The fourth-order valence-corrected chi connectivity index (χ4v) is 3.13. The zero-order valence-electron chi connectivity index (χ0n) is 12.4. The van der Waals surface area contributed by atoms with Gasteiger partial charge in [-0.3, -0.25) is 4.68 Å². The van der Waals surface area contributed by atoms with Crippen LogP contribution in [0.5, 0.6) is 0 Å². The van der Waals surface area contributed by atoms with Gasteiger partial charge >= 0.3 is 0 Å². The van der Waals surface area contributed by atoms with Crippen LogP contribution in [0.25, 0.3) is 0 Å². The van der Waals surface area contributed by atoms with Crippen molar-refractivity contribution in [2.24, 2.45) is 5.92 Å². The van der Waals surface area contributed by atoms with Crippen molar-refractivity contribution in [2.45, 2.75) is 59.3 Å². The van der Waals surface area contributed by atoms with Crippen molar-refractivity contribution in [3.05, 3.63) is 29.6 Å². The molecule has 3 nitrogen and oxygen atoms in total. The third-order valence-electron chi connectivity index (χ3n) is 3.79. The standard InChI is InChI=1S/C15H24N2O/c1-10(2)15(11(3)4)13-12(5)8-16-17(13)9-14(6,7)18-15/h8,11H,1,9H2,2-7H3. The lowest BCUT2D eigenvalue weighted by atomic mass is 9.78. The first-order valence-corrected chi connectivity index (χ1v) is 6.60. The van der Waals surface area contributed by atoms with Gasteiger partial charge in [-0.05, 0) is 44.7 Å². The lowest BCUT2D eigenvalue weighted by molar-refractivity contribution is -0.178. The van der Waals surface area contributed by atoms with E-state index in [0.29, 0.717) is 5.92 Å². The average molecular weight is 248 g/mol. The minimum atomic E-state index is -0.428. The van der Waals surface area contributed by atoms with Crippen LogP contribution in [-0.2, 0) is 16.9 Å². The maximum absolute atomic E-state index is 6.49. The quantitative estimate of drug-likeness (QED) is 0.750. The summed E-state index contributed by atoms with van der Waals surface area (Å²) in [6.07, 6.45) is 1.93. The van der Waals surface area contributed by atoms with Crippen molar-refractivity contribution in [1.82, 2.24) is 9.78 Å². The van der Waals surface area contributed by atoms with E-state index in [0.717, 1.165) is 12.1 Å². The molecule has 1 unspecified atom stereocenters. The monoisotopic (exact) mass is 248 g/mol. The van der Waals surface area contributed by atoms with Crippen LogP contribution in [0.1, 0.15) is 45.9 Å². The predicted molar refractivity (Wildman–Crippen MR) is 73.5 cm³/mol. The second kappa shape index (κ2) is 3.95. The van der Waals surface area contributed by atoms with Gasteiger partial charge in [0.05, 0.1) is 24.0 Å². The Balaban J connectivity index is 2.72. The highest BCUT2D eigenvalue weighted by atomic mass is 16.5. The Labute approximate surface area is 110 Å². The number of hydrogen-bond donors (Lipinski definition) is 0. The summed E-state index contributed by atoms with van der Waals surface area (Å²) in [4.78, 5) is 0. The smallest absolute Gasteiger partial charge is 0.133 e. The van der Waals surface area contributed by atoms with Crippen molar-refractivity contribution < 1.29 is 4.74 Å².